The average molecular weight is 381 g/mol. The molecule has 3 aromatic rings. The largest absolute Gasteiger partial charge is 0.377 e. The van der Waals surface area contributed by atoms with Gasteiger partial charge in [0.15, 0.2) is 5.76 Å². The topological polar surface area (TPSA) is 97.2 Å². The summed E-state index contributed by atoms with van der Waals surface area (Å²) in [6.45, 7) is 0.0920. The Morgan fingerprint density at radius 2 is 2.11 bits per heavy atom. The van der Waals surface area contributed by atoms with E-state index in [0.29, 0.717) is 5.56 Å². The molecule has 0 atom stereocenters. The molecule has 0 unspecified atom stereocenters. The molecule has 0 aliphatic rings. The molecule has 0 radical (unpaired) electrons. The molecule has 1 aromatic carbocycles. The van der Waals surface area contributed by atoms with E-state index in [-0.39, 0.29) is 41.4 Å². The average Bonchev–Trinajstić information content (AvgIpc) is 3.34. The van der Waals surface area contributed by atoms with Crippen LogP contribution < -0.4 is 5.32 Å². The Morgan fingerprint density at radius 1 is 1.36 bits per heavy atom. The van der Waals surface area contributed by atoms with Gasteiger partial charge in [0, 0.05) is 24.4 Å². The maximum Gasteiger partial charge on any atom is 0.268 e. The maximum absolute atomic E-state index is 13.2. The van der Waals surface area contributed by atoms with Crippen LogP contribution in [-0.2, 0) is 11.3 Å². The first kappa shape index (κ1) is 19.1. The third-order valence-corrected chi connectivity index (χ3v) is 3.92. The van der Waals surface area contributed by atoms with Crippen LogP contribution >= 0.6 is 0 Å². The smallest absolute Gasteiger partial charge is 0.268 e. The predicted molar refractivity (Wildman–Crippen MR) is 98.0 cm³/mol. The first-order valence-electron chi connectivity index (χ1n) is 8.23. The lowest BCUT2D eigenvalue weighted by atomic mass is 9.99. The summed E-state index contributed by atoms with van der Waals surface area (Å²) in [6, 6.07) is 6.93. The van der Waals surface area contributed by atoms with E-state index in [4.69, 9.17) is 15.7 Å². The minimum Gasteiger partial charge on any atom is -0.377 e. The molecule has 142 valence electrons. The van der Waals surface area contributed by atoms with Crippen molar-refractivity contribution >= 4 is 11.7 Å². The van der Waals surface area contributed by atoms with Crippen molar-refractivity contribution in [1.82, 2.24) is 15.5 Å². The number of terminal acetylenes is 1. The number of ether oxygens (including phenoxy) is 1. The Kier molecular flexibility index (Phi) is 5.67. The van der Waals surface area contributed by atoms with Crippen molar-refractivity contribution in [3.8, 4) is 23.6 Å². The third-order valence-electron chi connectivity index (χ3n) is 3.92. The van der Waals surface area contributed by atoms with Crippen molar-refractivity contribution in [3.63, 3.8) is 0 Å². The van der Waals surface area contributed by atoms with Crippen LogP contribution in [-0.4, -0.2) is 35.5 Å². The molecule has 0 spiro atoms. The number of nitrogens with one attached hydrogen (secondary N) is 2. The van der Waals surface area contributed by atoms with Crippen molar-refractivity contribution in [3.05, 3.63) is 64.9 Å². The number of carbonyl (C=O) groups excluding carboxylic acids is 2. The number of benzene rings is 1. The molecule has 2 aromatic heterocycles. The summed E-state index contributed by atoms with van der Waals surface area (Å²) in [4.78, 5) is 27.8. The van der Waals surface area contributed by atoms with Crippen LogP contribution in [0.25, 0.3) is 11.3 Å². The molecular formula is C20H16FN3O4. The molecule has 0 saturated carbocycles. The molecule has 2 N–H and O–H groups in total. The number of H-pyrrole nitrogens is 1. The van der Waals surface area contributed by atoms with Crippen LogP contribution in [0.5, 0.6) is 0 Å². The molecule has 0 aliphatic heterocycles. The van der Waals surface area contributed by atoms with E-state index in [2.05, 4.69) is 21.4 Å². The van der Waals surface area contributed by atoms with Gasteiger partial charge in [0.1, 0.15) is 23.8 Å². The molecule has 1 amide bonds. The molecule has 28 heavy (non-hydrogen) atoms. The maximum atomic E-state index is 13.2. The number of hydrogen-bond acceptors (Lipinski definition) is 5. The Labute approximate surface area is 159 Å². The lowest BCUT2D eigenvalue weighted by molar-refractivity contribution is 0.0954. The number of ketones is 1. The highest BCUT2D eigenvalue weighted by Gasteiger charge is 2.26. The number of aromatic amines is 1. The quantitative estimate of drug-likeness (QED) is 0.484. The molecule has 0 saturated heterocycles. The van der Waals surface area contributed by atoms with Gasteiger partial charge in [-0.3, -0.25) is 9.59 Å². The second kappa shape index (κ2) is 8.33. The van der Waals surface area contributed by atoms with Gasteiger partial charge in [-0.15, -0.1) is 6.42 Å². The number of amides is 1. The summed E-state index contributed by atoms with van der Waals surface area (Å²) < 4.78 is 23.6. The zero-order valence-corrected chi connectivity index (χ0v) is 14.9. The van der Waals surface area contributed by atoms with Gasteiger partial charge in [-0.25, -0.2) is 4.39 Å². The van der Waals surface area contributed by atoms with Gasteiger partial charge < -0.3 is 19.6 Å². The van der Waals surface area contributed by atoms with Gasteiger partial charge in [-0.1, -0.05) is 11.1 Å². The van der Waals surface area contributed by atoms with E-state index in [1.165, 1.54) is 43.6 Å². The van der Waals surface area contributed by atoms with Crippen LogP contribution in [0.1, 0.15) is 32.2 Å². The first-order valence-corrected chi connectivity index (χ1v) is 8.23. The summed E-state index contributed by atoms with van der Waals surface area (Å²) in [5, 5.41) is 6.46. The van der Waals surface area contributed by atoms with Crippen molar-refractivity contribution < 1.29 is 23.2 Å². The normalized spacial score (nSPS) is 10.5. The zero-order chi connectivity index (χ0) is 20.1. The lowest BCUT2D eigenvalue weighted by Crippen LogP contribution is -2.23. The number of hydrogen-bond donors (Lipinski definition) is 2. The Bertz CT molecular complexity index is 1040. The summed E-state index contributed by atoms with van der Waals surface area (Å²) in [5.74, 6) is 1.26. The lowest BCUT2D eigenvalue weighted by Gasteiger charge is -2.03. The summed E-state index contributed by atoms with van der Waals surface area (Å²) in [7, 11) is 1.46. The highest BCUT2D eigenvalue weighted by atomic mass is 19.1. The van der Waals surface area contributed by atoms with E-state index < -0.39 is 17.5 Å². The highest BCUT2D eigenvalue weighted by molar-refractivity contribution is 6.13. The Balaban J connectivity index is 1.98. The van der Waals surface area contributed by atoms with Crippen LogP contribution in [0.15, 0.2) is 41.1 Å². The number of rotatable bonds is 7. The third kappa shape index (κ3) is 3.84. The highest BCUT2D eigenvalue weighted by Crippen LogP contribution is 2.28. The molecule has 3 rings (SSSR count). The molecule has 8 heteroatoms. The molecule has 0 aliphatic carbocycles. The van der Waals surface area contributed by atoms with E-state index in [9.17, 15) is 14.0 Å². The Morgan fingerprint density at radius 3 is 2.79 bits per heavy atom. The van der Waals surface area contributed by atoms with Crippen molar-refractivity contribution in [1.29, 1.82) is 0 Å². The van der Waals surface area contributed by atoms with Gasteiger partial charge in [-0.05, 0) is 30.3 Å². The van der Waals surface area contributed by atoms with E-state index in [1.807, 2.05) is 0 Å². The second-order valence-electron chi connectivity index (χ2n) is 5.79. The molecular weight excluding hydrogens is 365 g/mol. The number of halogens is 1. The first-order chi connectivity index (χ1) is 13.5. The summed E-state index contributed by atoms with van der Waals surface area (Å²) >= 11 is 0. The van der Waals surface area contributed by atoms with Crippen molar-refractivity contribution in [2.75, 3.05) is 13.7 Å². The van der Waals surface area contributed by atoms with Crippen LogP contribution in [0, 0.1) is 18.2 Å². The number of aromatic nitrogens is 2. The fourth-order valence-electron chi connectivity index (χ4n) is 2.62. The van der Waals surface area contributed by atoms with Crippen LogP contribution in [0.4, 0.5) is 4.39 Å². The monoisotopic (exact) mass is 381 g/mol. The number of carbonyl (C=O) groups is 2. The molecule has 0 fully saturated rings. The van der Waals surface area contributed by atoms with Gasteiger partial charge in [0.05, 0.1) is 12.1 Å². The minimum atomic E-state index is -0.432. The summed E-state index contributed by atoms with van der Waals surface area (Å²) in [5.41, 5.74) is 1.37. The minimum absolute atomic E-state index is 0.0230. The SMILES string of the molecule is C#CCNC(=O)c1cc(C(=O)c2c(-c3ccc(F)cc3)noc2COC)c[nH]1. The fraction of sp³-hybridized carbons (Fsp3) is 0.150. The van der Waals surface area contributed by atoms with Crippen LogP contribution in [0.2, 0.25) is 0 Å². The van der Waals surface area contributed by atoms with Gasteiger partial charge >= 0.3 is 0 Å². The molecule has 0 bridgehead atoms. The predicted octanol–water partition coefficient (Wildman–Crippen LogP) is 2.55. The molecule has 7 nitrogen and oxygen atoms in total. The van der Waals surface area contributed by atoms with E-state index in [0.717, 1.165) is 0 Å². The van der Waals surface area contributed by atoms with Crippen molar-refractivity contribution in [2.45, 2.75) is 6.61 Å². The summed E-state index contributed by atoms with van der Waals surface area (Å²) in [6.07, 6.45) is 6.53. The standard InChI is InChI=1S/C20H16FN3O4/c1-3-8-22-20(26)15-9-13(10-23-15)19(25)17-16(11-27-2)28-24-18(17)12-4-6-14(21)7-5-12/h1,4-7,9-10,23H,8,11H2,2H3,(H,22,26). The van der Waals surface area contributed by atoms with Gasteiger partial charge in [0.2, 0.25) is 5.78 Å². The Hall–Kier alpha value is -3.70. The molecule has 2 heterocycles. The van der Waals surface area contributed by atoms with E-state index in [1.54, 1.807) is 0 Å². The zero-order valence-electron chi connectivity index (χ0n) is 14.9. The van der Waals surface area contributed by atoms with Crippen molar-refractivity contribution in [2.24, 2.45) is 0 Å². The number of methoxy groups -OCH3 is 1. The van der Waals surface area contributed by atoms with Gasteiger partial charge in [-0.2, -0.15) is 0 Å². The van der Waals surface area contributed by atoms with E-state index >= 15 is 0 Å². The number of nitrogens with zero attached hydrogens (tertiary/aromatic N) is 1. The second-order valence-corrected chi connectivity index (χ2v) is 5.79. The van der Waals surface area contributed by atoms with Crippen LogP contribution in [0.3, 0.4) is 0 Å². The fourth-order valence-corrected chi connectivity index (χ4v) is 2.62. The van der Waals surface area contributed by atoms with Gasteiger partial charge in [0.25, 0.3) is 5.91 Å².